The summed E-state index contributed by atoms with van der Waals surface area (Å²) in [6, 6.07) is 28.3. The summed E-state index contributed by atoms with van der Waals surface area (Å²) in [4.78, 5) is 0. The van der Waals surface area contributed by atoms with E-state index in [1.807, 2.05) is 91.0 Å². The van der Waals surface area contributed by atoms with Crippen LogP contribution in [0.3, 0.4) is 0 Å². The zero-order valence-corrected chi connectivity index (χ0v) is 17.2. The van der Waals surface area contributed by atoms with Gasteiger partial charge >= 0.3 is 0 Å². The molecule has 0 aliphatic carbocycles. The molecule has 0 heterocycles. The SMILES string of the molecule is Cl.Cl.Cl.Clc1ccccc1.Clc1ccccc1.Clc1ccccc1. The van der Waals surface area contributed by atoms with Gasteiger partial charge in [-0.15, -0.1) is 37.2 Å². The van der Waals surface area contributed by atoms with Crippen LogP contribution in [0.15, 0.2) is 91.0 Å². The van der Waals surface area contributed by atoms with Crippen LogP contribution in [0.25, 0.3) is 0 Å². The minimum absolute atomic E-state index is 0. The number of hydrogen-bond donors (Lipinski definition) is 0. The minimum atomic E-state index is 0. The zero-order valence-electron chi connectivity index (χ0n) is 12.5. The number of rotatable bonds is 0. The minimum Gasteiger partial charge on any atom is -0.147 e. The van der Waals surface area contributed by atoms with Crippen molar-refractivity contribution in [3.8, 4) is 0 Å². The molecule has 0 nitrogen and oxygen atoms in total. The van der Waals surface area contributed by atoms with Gasteiger partial charge < -0.3 is 0 Å². The summed E-state index contributed by atoms with van der Waals surface area (Å²) in [7, 11) is 0. The van der Waals surface area contributed by atoms with Gasteiger partial charge in [-0.3, -0.25) is 0 Å². The Bertz CT molecular complexity index is 499. The Morgan fingerprint density at radius 1 is 0.333 bits per heavy atom. The highest BCUT2D eigenvalue weighted by Gasteiger charge is 1.76. The quantitative estimate of drug-likeness (QED) is 0.325. The van der Waals surface area contributed by atoms with Crippen LogP contribution in [0.1, 0.15) is 0 Å². The second kappa shape index (κ2) is 18.7. The third kappa shape index (κ3) is 16.3. The van der Waals surface area contributed by atoms with Crippen LogP contribution >= 0.6 is 72.0 Å². The first kappa shape index (κ1) is 28.2. The van der Waals surface area contributed by atoms with Gasteiger partial charge in [-0.1, -0.05) is 89.4 Å². The molecule has 0 bridgehead atoms. The maximum absolute atomic E-state index is 5.54. The highest BCUT2D eigenvalue weighted by atomic mass is 35.5. The van der Waals surface area contributed by atoms with E-state index < -0.39 is 0 Å². The first-order chi connectivity index (χ1) is 10.2. The number of benzene rings is 3. The van der Waals surface area contributed by atoms with E-state index in [4.69, 9.17) is 34.8 Å². The molecule has 132 valence electrons. The molecule has 0 unspecified atom stereocenters. The second-order valence-corrected chi connectivity index (χ2v) is 5.20. The predicted octanol–water partition coefficient (Wildman–Crippen LogP) is 8.29. The van der Waals surface area contributed by atoms with Gasteiger partial charge in [0.15, 0.2) is 0 Å². The lowest BCUT2D eigenvalue weighted by atomic mass is 10.4. The summed E-state index contributed by atoms with van der Waals surface area (Å²) >= 11 is 16.6. The van der Waals surface area contributed by atoms with Gasteiger partial charge in [0, 0.05) is 15.1 Å². The lowest BCUT2D eigenvalue weighted by Gasteiger charge is -1.80. The fourth-order valence-electron chi connectivity index (χ4n) is 1.24. The summed E-state index contributed by atoms with van der Waals surface area (Å²) in [5.41, 5.74) is 0. The summed E-state index contributed by atoms with van der Waals surface area (Å²) in [5, 5.41) is 2.38. The van der Waals surface area contributed by atoms with Crippen molar-refractivity contribution in [3.63, 3.8) is 0 Å². The van der Waals surface area contributed by atoms with Crippen LogP contribution in [0.5, 0.6) is 0 Å². The van der Waals surface area contributed by atoms with E-state index in [0.717, 1.165) is 15.1 Å². The third-order valence-corrected chi connectivity index (χ3v) is 2.96. The molecule has 0 atom stereocenters. The molecule has 0 aromatic heterocycles. The normalized spacial score (nSPS) is 7.62. The van der Waals surface area contributed by atoms with Crippen LogP contribution in [-0.2, 0) is 0 Å². The maximum Gasteiger partial charge on any atom is 0.0405 e. The standard InChI is InChI=1S/3C6H5Cl.3ClH/c3*7-6-4-2-1-3-5-6;;;/h3*1-5H;3*1H. The Hall–Kier alpha value is -0.600. The van der Waals surface area contributed by atoms with Crippen molar-refractivity contribution in [2.75, 3.05) is 0 Å². The van der Waals surface area contributed by atoms with Crippen LogP contribution < -0.4 is 0 Å². The molecular formula is C18H18Cl6. The van der Waals surface area contributed by atoms with Gasteiger partial charge in [0.2, 0.25) is 0 Å². The van der Waals surface area contributed by atoms with Crippen LogP contribution in [0, 0.1) is 0 Å². The molecule has 0 saturated carbocycles. The van der Waals surface area contributed by atoms with Crippen LogP contribution in [-0.4, -0.2) is 0 Å². The van der Waals surface area contributed by atoms with Crippen molar-refractivity contribution in [1.82, 2.24) is 0 Å². The van der Waals surface area contributed by atoms with Gasteiger partial charge in [-0.2, -0.15) is 0 Å². The van der Waals surface area contributed by atoms with E-state index >= 15 is 0 Å². The molecule has 0 N–H and O–H groups in total. The van der Waals surface area contributed by atoms with Gasteiger partial charge in [-0.25, -0.2) is 0 Å². The molecule has 24 heavy (non-hydrogen) atoms. The molecule has 3 aromatic carbocycles. The Kier molecular flexibility index (Phi) is 22.0. The fraction of sp³-hybridized carbons (Fsp3) is 0. The van der Waals surface area contributed by atoms with Crippen molar-refractivity contribution in [2.45, 2.75) is 0 Å². The monoisotopic (exact) mass is 444 g/mol. The van der Waals surface area contributed by atoms with Gasteiger partial charge in [0.1, 0.15) is 0 Å². The summed E-state index contributed by atoms with van der Waals surface area (Å²) in [6.07, 6.45) is 0. The average Bonchev–Trinajstić information content (AvgIpc) is 2.51. The molecule has 0 radical (unpaired) electrons. The summed E-state index contributed by atoms with van der Waals surface area (Å²) < 4.78 is 0. The molecule has 0 amide bonds. The van der Waals surface area contributed by atoms with Crippen molar-refractivity contribution in [2.24, 2.45) is 0 Å². The molecule has 3 rings (SSSR count). The van der Waals surface area contributed by atoms with Crippen molar-refractivity contribution in [3.05, 3.63) is 106 Å². The first-order valence-electron chi connectivity index (χ1n) is 6.30. The molecular weight excluding hydrogens is 429 g/mol. The summed E-state index contributed by atoms with van der Waals surface area (Å²) in [5.74, 6) is 0. The van der Waals surface area contributed by atoms with E-state index in [1.54, 1.807) is 0 Å². The fourth-order valence-corrected chi connectivity index (χ4v) is 1.68. The van der Waals surface area contributed by atoms with Crippen LogP contribution in [0.4, 0.5) is 0 Å². The Labute approximate surface area is 177 Å². The van der Waals surface area contributed by atoms with E-state index in [0.29, 0.717) is 0 Å². The molecule has 0 aliphatic heterocycles. The van der Waals surface area contributed by atoms with Crippen molar-refractivity contribution in [1.29, 1.82) is 0 Å². The van der Waals surface area contributed by atoms with E-state index in [-0.39, 0.29) is 37.2 Å². The van der Waals surface area contributed by atoms with Gasteiger partial charge in [0.25, 0.3) is 0 Å². The Morgan fingerprint density at radius 3 is 0.583 bits per heavy atom. The molecule has 3 aromatic rings. The largest absolute Gasteiger partial charge is 0.147 e. The predicted molar refractivity (Wildman–Crippen MR) is 116 cm³/mol. The smallest absolute Gasteiger partial charge is 0.0405 e. The first-order valence-corrected chi connectivity index (χ1v) is 7.43. The Balaban J connectivity index is -0.000000259. The molecule has 0 spiro atoms. The van der Waals surface area contributed by atoms with Gasteiger partial charge in [-0.05, 0) is 36.4 Å². The lowest BCUT2D eigenvalue weighted by molar-refractivity contribution is 1.71. The van der Waals surface area contributed by atoms with E-state index in [9.17, 15) is 0 Å². The molecule has 0 saturated heterocycles. The molecule has 6 heteroatoms. The van der Waals surface area contributed by atoms with E-state index in [1.165, 1.54) is 0 Å². The zero-order chi connectivity index (χ0) is 15.3. The van der Waals surface area contributed by atoms with E-state index in [2.05, 4.69) is 0 Å². The number of halogens is 6. The molecule has 0 fully saturated rings. The average molecular weight is 447 g/mol. The lowest BCUT2D eigenvalue weighted by Crippen LogP contribution is -1.55. The Morgan fingerprint density at radius 2 is 0.500 bits per heavy atom. The highest BCUT2D eigenvalue weighted by molar-refractivity contribution is 6.31. The molecule has 0 aliphatic rings. The van der Waals surface area contributed by atoms with Crippen LogP contribution in [0.2, 0.25) is 15.1 Å². The van der Waals surface area contributed by atoms with Gasteiger partial charge in [0.05, 0.1) is 0 Å². The number of hydrogen-bond acceptors (Lipinski definition) is 0. The summed E-state index contributed by atoms with van der Waals surface area (Å²) in [6.45, 7) is 0. The van der Waals surface area contributed by atoms with Crippen molar-refractivity contribution >= 4 is 72.0 Å². The highest BCUT2D eigenvalue weighted by Crippen LogP contribution is 2.04. The topological polar surface area (TPSA) is 0 Å². The van der Waals surface area contributed by atoms with Crippen molar-refractivity contribution < 1.29 is 0 Å². The second-order valence-electron chi connectivity index (χ2n) is 3.89. The maximum atomic E-state index is 5.54. The third-order valence-electron chi connectivity index (χ3n) is 2.20.